The number of nitrogens with one attached hydrogen (secondary N) is 1. The molecule has 4 rings (SSSR count). The molecule has 0 radical (unpaired) electrons. The summed E-state index contributed by atoms with van der Waals surface area (Å²) >= 11 is 0. The number of sulfonamides is 1. The van der Waals surface area contributed by atoms with Crippen molar-refractivity contribution in [2.45, 2.75) is 31.8 Å². The molecule has 1 saturated carbocycles. The number of nitrogens with zero attached hydrogens (tertiary/aromatic N) is 1. The first-order chi connectivity index (χ1) is 14.9. The van der Waals surface area contributed by atoms with Crippen LogP contribution >= 0.6 is 0 Å². The van der Waals surface area contributed by atoms with Crippen LogP contribution in [0.4, 0.5) is 11.4 Å². The van der Waals surface area contributed by atoms with E-state index >= 15 is 0 Å². The van der Waals surface area contributed by atoms with Gasteiger partial charge in [0.1, 0.15) is 12.3 Å². The second kappa shape index (κ2) is 8.98. The minimum Gasteiger partial charge on any atom is -0.490 e. The number of carbonyl (C=O) groups is 1. The zero-order valence-electron chi connectivity index (χ0n) is 17.5. The molecule has 3 aromatic carbocycles. The van der Waals surface area contributed by atoms with Crippen molar-refractivity contribution in [3.8, 4) is 5.75 Å². The largest absolute Gasteiger partial charge is 0.490 e. The Kier molecular flexibility index (Phi) is 6.13. The van der Waals surface area contributed by atoms with Gasteiger partial charge in [-0.15, -0.1) is 0 Å². The van der Waals surface area contributed by atoms with Crippen molar-refractivity contribution in [1.29, 1.82) is 0 Å². The Bertz CT molecular complexity index is 1160. The molecule has 1 aliphatic rings. The van der Waals surface area contributed by atoms with Crippen molar-refractivity contribution in [3.63, 3.8) is 0 Å². The lowest BCUT2D eigenvalue weighted by Gasteiger charge is -2.23. The Morgan fingerprint density at radius 2 is 1.68 bits per heavy atom. The first-order valence-electron chi connectivity index (χ1n) is 10.4. The summed E-state index contributed by atoms with van der Waals surface area (Å²) < 4.78 is 32.1. The van der Waals surface area contributed by atoms with E-state index < -0.39 is 15.9 Å². The molecule has 0 spiro atoms. The normalized spacial score (nSPS) is 14.5. The molecule has 0 atom stereocenters. The summed E-state index contributed by atoms with van der Waals surface area (Å²) in [6, 6.07) is 20.1. The van der Waals surface area contributed by atoms with Crippen molar-refractivity contribution in [1.82, 2.24) is 0 Å². The molecular weight excluding hydrogens is 412 g/mol. The predicted octanol–water partition coefficient (Wildman–Crippen LogP) is 4.57. The Morgan fingerprint density at radius 3 is 2.39 bits per heavy atom. The number of fused-ring (bicyclic) bond motifs is 1. The molecule has 0 aromatic heterocycles. The quantitative estimate of drug-likeness (QED) is 0.586. The van der Waals surface area contributed by atoms with E-state index in [1.807, 2.05) is 42.5 Å². The lowest BCUT2D eigenvalue weighted by molar-refractivity contribution is -0.114. The van der Waals surface area contributed by atoms with Gasteiger partial charge in [-0.3, -0.25) is 9.10 Å². The zero-order chi connectivity index (χ0) is 21.8. The first kappa shape index (κ1) is 21.2. The fraction of sp³-hybridized carbons (Fsp3) is 0.292. The van der Waals surface area contributed by atoms with E-state index in [0.717, 1.165) is 39.9 Å². The second-order valence-electron chi connectivity index (χ2n) is 7.86. The van der Waals surface area contributed by atoms with Crippen LogP contribution in [0.5, 0.6) is 5.75 Å². The SMILES string of the molecule is CS(=O)(=O)N(CC(=O)Nc1ccc(OC2CCCC2)cc1)c1cccc2ccccc12. The molecule has 1 amide bonds. The van der Waals surface area contributed by atoms with Crippen LogP contribution in [0, 0.1) is 0 Å². The van der Waals surface area contributed by atoms with Gasteiger partial charge < -0.3 is 10.1 Å². The Hall–Kier alpha value is -3.06. The van der Waals surface area contributed by atoms with Gasteiger partial charge in [0, 0.05) is 11.1 Å². The Morgan fingerprint density at radius 1 is 1.00 bits per heavy atom. The van der Waals surface area contributed by atoms with Crippen LogP contribution in [-0.4, -0.2) is 33.2 Å². The van der Waals surface area contributed by atoms with E-state index in [-0.39, 0.29) is 12.6 Å². The summed E-state index contributed by atoms with van der Waals surface area (Å²) in [5.41, 5.74) is 1.08. The molecule has 3 aromatic rings. The highest BCUT2D eigenvalue weighted by Crippen LogP contribution is 2.29. The molecule has 0 saturated heterocycles. The van der Waals surface area contributed by atoms with E-state index in [4.69, 9.17) is 4.74 Å². The molecule has 1 aliphatic carbocycles. The maximum absolute atomic E-state index is 12.7. The zero-order valence-corrected chi connectivity index (χ0v) is 18.3. The molecule has 7 heteroatoms. The average molecular weight is 439 g/mol. The van der Waals surface area contributed by atoms with E-state index in [9.17, 15) is 13.2 Å². The molecular formula is C24H26N2O4S. The van der Waals surface area contributed by atoms with Crippen LogP contribution in [-0.2, 0) is 14.8 Å². The summed E-state index contributed by atoms with van der Waals surface area (Å²) in [6.07, 6.45) is 5.93. The molecule has 162 valence electrons. The average Bonchev–Trinajstić information content (AvgIpc) is 3.25. The smallest absolute Gasteiger partial charge is 0.245 e. The lowest BCUT2D eigenvalue weighted by Crippen LogP contribution is -2.37. The fourth-order valence-corrected chi connectivity index (χ4v) is 4.82. The van der Waals surface area contributed by atoms with Gasteiger partial charge in [0.15, 0.2) is 0 Å². The van der Waals surface area contributed by atoms with Gasteiger partial charge in [0.05, 0.1) is 18.0 Å². The molecule has 0 unspecified atom stereocenters. The third-order valence-corrected chi connectivity index (χ3v) is 6.59. The van der Waals surface area contributed by atoms with E-state index in [1.165, 1.54) is 12.8 Å². The van der Waals surface area contributed by atoms with Gasteiger partial charge in [-0.05, 0) is 61.4 Å². The molecule has 1 N–H and O–H groups in total. The van der Waals surface area contributed by atoms with Gasteiger partial charge in [-0.2, -0.15) is 0 Å². The molecule has 6 nitrogen and oxygen atoms in total. The summed E-state index contributed by atoms with van der Waals surface area (Å²) in [4.78, 5) is 12.7. The van der Waals surface area contributed by atoms with E-state index in [1.54, 1.807) is 24.3 Å². The van der Waals surface area contributed by atoms with Crippen LogP contribution in [0.3, 0.4) is 0 Å². The molecule has 0 bridgehead atoms. The fourth-order valence-electron chi connectivity index (χ4n) is 3.95. The standard InChI is InChI=1S/C24H26N2O4S/c1-31(28,29)26(23-12-6-8-18-7-2-5-11-22(18)23)17-24(27)25-19-13-15-21(16-14-19)30-20-9-3-4-10-20/h2,5-8,11-16,20H,3-4,9-10,17H2,1H3,(H,25,27). The maximum atomic E-state index is 12.7. The number of benzene rings is 3. The third kappa shape index (κ3) is 5.17. The molecule has 0 heterocycles. The Labute approximate surface area is 182 Å². The van der Waals surface area contributed by atoms with Crippen LogP contribution in [0.2, 0.25) is 0 Å². The minimum absolute atomic E-state index is 0.268. The van der Waals surface area contributed by atoms with Crippen LogP contribution in [0.15, 0.2) is 66.7 Å². The van der Waals surface area contributed by atoms with E-state index in [2.05, 4.69) is 5.32 Å². The van der Waals surface area contributed by atoms with Crippen molar-refractivity contribution in [3.05, 3.63) is 66.7 Å². The Balaban J connectivity index is 1.48. The number of ether oxygens (including phenoxy) is 1. The summed E-state index contributed by atoms with van der Waals surface area (Å²) in [7, 11) is -3.66. The highest BCUT2D eigenvalue weighted by atomic mass is 32.2. The molecule has 31 heavy (non-hydrogen) atoms. The van der Waals surface area contributed by atoms with Crippen LogP contribution < -0.4 is 14.4 Å². The van der Waals surface area contributed by atoms with Crippen molar-refractivity contribution in [2.75, 3.05) is 22.4 Å². The number of hydrogen-bond acceptors (Lipinski definition) is 4. The molecule has 0 aliphatic heterocycles. The maximum Gasteiger partial charge on any atom is 0.245 e. The van der Waals surface area contributed by atoms with Gasteiger partial charge in [0.2, 0.25) is 15.9 Å². The van der Waals surface area contributed by atoms with Gasteiger partial charge in [-0.1, -0.05) is 36.4 Å². The van der Waals surface area contributed by atoms with Crippen LogP contribution in [0.1, 0.15) is 25.7 Å². The number of rotatable bonds is 7. The summed E-state index contributed by atoms with van der Waals surface area (Å²) in [5.74, 6) is 0.362. The monoisotopic (exact) mass is 438 g/mol. The molecule has 1 fully saturated rings. The lowest BCUT2D eigenvalue weighted by atomic mass is 10.1. The van der Waals surface area contributed by atoms with Gasteiger partial charge in [-0.25, -0.2) is 8.42 Å². The predicted molar refractivity (Wildman–Crippen MR) is 124 cm³/mol. The number of carbonyl (C=O) groups excluding carboxylic acids is 1. The van der Waals surface area contributed by atoms with Gasteiger partial charge >= 0.3 is 0 Å². The highest BCUT2D eigenvalue weighted by Gasteiger charge is 2.23. The number of hydrogen-bond donors (Lipinski definition) is 1. The highest BCUT2D eigenvalue weighted by molar-refractivity contribution is 7.92. The number of amides is 1. The minimum atomic E-state index is -3.66. The van der Waals surface area contributed by atoms with Crippen molar-refractivity contribution >= 4 is 38.1 Å². The first-order valence-corrected chi connectivity index (χ1v) is 12.3. The summed E-state index contributed by atoms with van der Waals surface area (Å²) in [6.45, 7) is -0.312. The topological polar surface area (TPSA) is 75.7 Å². The second-order valence-corrected chi connectivity index (χ2v) is 9.77. The van der Waals surface area contributed by atoms with Gasteiger partial charge in [0.25, 0.3) is 0 Å². The third-order valence-electron chi connectivity index (χ3n) is 5.47. The van der Waals surface area contributed by atoms with Crippen molar-refractivity contribution in [2.24, 2.45) is 0 Å². The van der Waals surface area contributed by atoms with Crippen molar-refractivity contribution < 1.29 is 17.9 Å². The van der Waals surface area contributed by atoms with E-state index in [0.29, 0.717) is 11.4 Å². The van der Waals surface area contributed by atoms with Crippen LogP contribution in [0.25, 0.3) is 10.8 Å². The summed E-state index contributed by atoms with van der Waals surface area (Å²) in [5, 5.41) is 4.47. The number of anilines is 2.